The van der Waals surface area contributed by atoms with Crippen LogP contribution < -0.4 is 43.6 Å². The van der Waals surface area contributed by atoms with E-state index in [0.717, 1.165) is 130 Å². The number of alkyl halides is 3. The van der Waals surface area contributed by atoms with Gasteiger partial charge in [0.2, 0.25) is 37.4 Å². The summed E-state index contributed by atoms with van der Waals surface area (Å²) in [7, 11) is 7.64. The second-order valence-electron chi connectivity index (χ2n) is 34.0. The highest BCUT2D eigenvalue weighted by molar-refractivity contribution is 5.96. The van der Waals surface area contributed by atoms with Gasteiger partial charge in [0.05, 0.1) is 55.0 Å². The Morgan fingerprint density at radius 1 is 0.453 bits per heavy atom. The minimum absolute atomic E-state index is 0.120. The van der Waals surface area contributed by atoms with Crippen LogP contribution in [0, 0.1) is 19.7 Å². The highest BCUT2D eigenvalue weighted by Crippen LogP contribution is 2.42. The fourth-order valence-electron chi connectivity index (χ4n) is 19.6. The summed E-state index contributed by atoms with van der Waals surface area (Å²) in [5.41, 5.74) is 7.49. The van der Waals surface area contributed by atoms with Crippen molar-refractivity contribution < 1.29 is 51.2 Å². The molecule has 6 fully saturated rings. The Hall–Kier alpha value is -12.3. The largest absolute Gasteiger partial charge is 0.462 e. The molecule has 9 aliphatic heterocycles. The first-order valence-electron chi connectivity index (χ1n) is 44.4. The number of carbonyl (C=O) groups excluding carboxylic acids is 3. The van der Waals surface area contributed by atoms with E-state index in [2.05, 4.69) is 172 Å². The zero-order chi connectivity index (χ0) is 89.5. The predicted molar refractivity (Wildman–Crippen MR) is 488 cm³/mol. The fourth-order valence-corrected chi connectivity index (χ4v) is 19.6. The molecule has 9 aliphatic rings. The summed E-state index contributed by atoms with van der Waals surface area (Å²) in [4.78, 5) is 103. The maximum Gasteiger partial charge on any atom is 0.418 e. The molecule has 672 valence electrons. The Morgan fingerprint density at radius 2 is 0.852 bits per heavy atom. The normalized spacial score (nSPS) is 21.4. The van der Waals surface area contributed by atoms with E-state index in [4.69, 9.17) is 73.3 Å². The van der Waals surface area contributed by atoms with Crippen molar-refractivity contribution in [2.45, 2.75) is 120 Å². The highest BCUT2D eigenvalue weighted by atomic mass is 19.4. The molecule has 32 heteroatoms. The number of hydrogen-bond acceptors (Lipinski definition) is 23. The van der Waals surface area contributed by atoms with E-state index in [-0.39, 0.29) is 91.9 Å². The molecule has 3 amide bonds. The summed E-state index contributed by atoms with van der Waals surface area (Å²) in [6.07, 6.45) is 6.90. The van der Waals surface area contributed by atoms with E-state index in [9.17, 15) is 27.6 Å². The van der Waals surface area contributed by atoms with Gasteiger partial charge in [0.1, 0.15) is 55.4 Å². The quantitative estimate of drug-likeness (QED) is 0.0383. The SMILES string of the molecule is [C-]#[N+]CC1CN(c2nc(OC[C@@H]3CCCN3CCOC)nc3c2CCN(c2cccc4ccccc24)C3)CCN1C(=O)C=C.[C-]#[N+]CC1CN(c2nc(OC[C@@H]3C[C@@H](OC)CN3C)nc3c2CCN(c2cccc4ccccc24)C3)CCN1C(=O)C=C.[C-]#[N+]C[C@H]1CN(c2nc(OC[C@@H]3CCCN3C)nc3c2CCN(c2ccccc2C(F)(F)F)C3)CCN1C(=O)C=C. The molecule has 0 spiro atoms. The number of likely N-dealkylation sites (N-methyl/N-ethyl adjacent to an activating group) is 2. The van der Waals surface area contributed by atoms with Crippen molar-refractivity contribution in [2.75, 3.05) is 208 Å². The molecule has 17 rings (SSSR count). The van der Waals surface area contributed by atoms with Crippen molar-refractivity contribution in [1.82, 2.24) is 59.3 Å². The predicted octanol–water partition coefficient (Wildman–Crippen LogP) is 10.9. The zero-order valence-corrected chi connectivity index (χ0v) is 73.6. The van der Waals surface area contributed by atoms with Gasteiger partial charge >= 0.3 is 24.2 Å². The minimum Gasteiger partial charge on any atom is -0.462 e. The summed E-state index contributed by atoms with van der Waals surface area (Å²) in [5.74, 6) is 1.90. The summed E-state index contributed by atoms with van der Waals surface area (Å²) < 4.78 is 71.2. The van der Waals surface area contributed by atoms with Gasteiger partial charge in [-0.25, -0.2) is 19.7 Å². The van der Waals surface area contributed by atoms with Crippen LogP contribution in [0.2, 0.25) is 0 Å². The number of likely N-dealkylation sites (tertiary alicyclic amines) is 3. The third-order valence-corrected chi connectivity index (χ3v) is 26.4. The smallest absolute Gasteiger partial charge is 0.418 e. The molecule has 29 nitrogen and oxygen atoms in total. The van der Waals surface area contributed by atoms with Gasteiger partial charge in [-0.3, -0.25) is 24.2 Å². The Morgan fingerprint density at radius 3 is 1.27 bits per heavy atom. The van der Waals surface area contributed by atoms with Crippen LogP contribution >= 0.6 is 0 Å². The number of methoxy groups -OCH3 is 2. The van der Waals surface area contributed by atoms with E-state index in [1.165, 1.54) is 63.3 Å². The number of hydrogen-bond donors (Lipinski definition) is 0. The molecule has 0 N–H and O–H groups in total. The van der Waals surface area contributed by atoms with E-state index in [0.29, 0.717) is 141 Å². The number of fused-ring (bicyclic) bond motifs is 5. The average molecular weight is 1750 g/mol. The van der Waals surface area contributed by atoms with Crippen LogP contribution in [0.1, 0.15) is 71.4 Å². The number of piperazine rings is 3. The monoisotopic (exact) mass is 1750 g/mol. The first-order valence-corrected chi connectivity index (χ1v) is 44.4. The van der Waals surface area contributed by atoms with Crippen LogP contribution in [0.4, 0.5) is 47.7 Å². The number of rotatable bonds is 25. The molecule has 6 saturated heterocycles. The molecule has 0 saturated carbocycles. The third-order valence-electron chi connectivity index (χ3n) is 26.4. The second kappa shape index (κ2) is 41.7. The van der Waals surface area contributed by atoms with E-state index < -0.39 is 11.7 Å². The molecule has 12 heterocycles. The minimum atomic E-state index is -4.48. The number of nitrogens with zero attached hydrogens (tertiary/aromatic N) is 21. The van der Waals surface area contributed by atoms with Crippen molar-refractivity contribution in [1.29, 1.82) is 0 Å². The van der Waals surface area contributed by atoms with Crippen molar-refractivity contribution in [2.24, 2.45) is 0 Å². The molecule has 5 aromatic carbocycles. The standard InChI is InChI=1S/C34H41N7O3.C33H39N7O3.C29H34F3N7O2/c1-4-32(42)41-18-17-40(22-27(41)21-35-2)33-29-14-16-39(31-13-7-10-25-9-5-6-12-28(25)31)23-30(29)36-34(37-33)44-24-26-11-8-15-38(26)19-20-43-3;1-5-31(41)40-16-15-39(19-25(40)18-34-2)32-28-13-14-38(30-12-8-10-23-9-6-7-11-27(23)30)21-29(28)35-33(36-32)43-22-24-17-26(42-4)20-37(24)3;1-4-26(40)39-15-14-38(17-21(39)16-33-2)27-22-11-13-37(25-10-6-5-9-23(25)29(30,31)32)18-24(22)34-28(35-27)41-19-20-8-7-12-36(20)3/h4-7,9-10,12-13,26-27H,1,8,11,14-24H2,3H3;5-12,24-26H,1,13-22H2,3-4H3;4-6,9-10,20-21H,1,7-8,11-19H2,3H3/t26-,27?;24-,25?,26+;20-,21-/m000/s1. The van der Waals surface area contributed by atoms with Crippen LogP contribution in [0.5, 0.6) is 18.0 Å². The average Bonchev–Trinajstić information content (AvgIpc) is 0.841. The summed E-state index contributed by atoms with van der Waals surface area (Å²) in [6, 6.07) is 36.4. The third kappa shape index (κ3) is 20.6. The molecular weight excluding hydrogens is 1630 g/mol. The van der Waals surface area contributed by atoms with Crippen LogP contribution in [0.15, 0.2) is 147 Å². The Bertz CT molecular complexity index is 5440. The van der Waals surface area contributed by atoms with E-state index in [1.54, 1.807) is 39.9 Å². The first kappa shape index (κ1) is 90.5. The highest BCUT2D eigenvalue weighted by Gasteiger charge is 2.42. The lowest BCUT2D eigenvalue weighted by atomic mass is 10.0. The van der Waals surface area contributed by atoms with Gasteiger partial charge in [0.15, 0.2) is 0 Å². The number of amides is 3. The van der Waals surface area contributed by atoms with Crippen LogP contribution in [0.25, 0.3) is 36.1 Å². The molecule has 7 atom stereocenters. The maximum absolute atomic E-state index is 13.8. The van der Waals surface area contributed by atoms with Gasteiger partial charge in [-0.1, -0.05) is 105 Å². The molecule has 0 bridgehead atoms. The number of ether oxygens (including phenoxy) is 5. The summed E-state index contributed by atoms with van der Waals surface area (Å²) in [6.45, 7) is 48.0. The van der Waals surface area contributed by atoms with Crippen molar-refractivity contribution in [3.63, 3.8) is 0 Å². The topological polar surface area (TPSA) is 227 Å². The van der Waals surface area contributed by atoms with E-state index >= 15 is 0 Å². The summed E-state index contributed by atoms with van der Waals surface area (Å²) in [5, 5.41) is 4.88. The molecule has 0 radical (unpaired) electrons. The van der Waals surface area contributed by atoms with Crippen LogP contribution in [-0.4, -0.2) is 298 Å². The van der Waals surface area contributed by atoms with Gasteiger partial charge in [0.25, 0.3) is 0 Å². The van der Waals surface area contributed by atoms with E-state index in [1.807, 2.05) is 0 Å². The lowest BCUT2D eigenvalue weighted by molar-refractivity contribution is -0.137. The first-order chi connectivity index (χ1) is 62.3. The Kier molecular flexibility index (Phi) is 29.5. The number of carbonyl (C=O) groups is 3. The Labute approximate surface area is 747 Å². The summed E-state index contributed by atoms with van der Waals surface area (Å²) >= 11 is 0. The Balaban J connectivity index is 0.000000148. The molecule has 0 aliphatic carbocycles. The lowest BCUT2D eigenvalue weighted by Gasteiger charge is -2.41. The molecule has 128 heavy (non-hydrogen) atoms. The number of halogens is 3. The number of anilines is 6. The number of aromatic nitrogens is 6. The zero-order valence-electron chi connectivity index (χ0n) is 73.6. The molecular formula is C96H114F3N21O8. The number of para-hydroxylation sites is 1. The van der Waals surface area contributed by atoms with Crippen molar-refractivity contribution in [3.8, 4) is 18.0 Å². The van der Waals surface area contributed by atoms with Gasteiger partial charge in [-0.05, 0) is 132 Å². The molecule has 8 aromatic rings. The van der Waals surface area contributed by atoms with Crippen LogP contribution in [0.3, 0.4) is 0 Å². The lowest BCUT2D eigenvalue weighted by Crippen LogP contribution is -2.56. The van der Waals surface area contributed by atoms with Crippen molar-refractivity contribution >= 4 is 73.8 Å². The van der Waals surface area contributed by atoms with Gasteiger partial charge in [0, 0.05) is 168 Å². The fraction of sp³-hybridized carbons (Fsp3) is 0.479. The molecule has 3 aromatic heterocycles. The molecule has 2 unspecified atom stereocenters. The van der Waals surface area contributed by atoms with Gasteiger partial charge in [-0.2, -0.15) is 43.1 Å². The number of benzene rings is 5. The van der Waals surface area contributed by atoms with Gasteiger partial charge in [-0.15, -0.1) is 0 Å². The van der Waals surface area contributed by atoms with Crippen molar-refractivity contribution in [3.05, 3.63) is 221 Å². The maximum atomic E-state index is 13.8. The van der Waals surface area contributed by atoms with Gasteiger partial charge < -0.3 is 87.2 Å². The van der Waals surface area contributed by atoms with Crippen LogP contribution in [-0.2, 0) is 68.9 Å². The second-order valence-corrected chi connectivity index (χ2v) is 34.0.